The highest BCUT2D eigenvalue weighted by Gasteiger charge is 1.84. The molecule has 0 amide bonds. The lowest BCUT2D eigenvalue weighted by Crippen LogP contribution is -2.03. The van der Waals surface area contributed by atoms with Crippen LogP contribution in [-0.2, 0) is 14.2 Å². The number of ether oxygens (including phenoxy) is 3. The van der Waals surface area contributed by atoms with E-state index in [9.17, 15) is 0 Å². The molecule has 0 aromatic carbocycles. The van der Waals surface area contributed by atoms with E-state index in [1.165, 1.54) is 25.7 Å². The number of unbranched alkanes of at least 4 members (excludes halogenated alkanes) is 2. The average molecular weight is 326 g/mol. The third-order valence-electron chi connectivity index (χ3n) is 2.20. The molecule has 22 heavy (non-hydrogen) atoms. The van der Waals surface area contributed by atoms with E-state index in [1.807, 2.05) is 6.92 Å². The smallest absolute Gasteiger partial charge is 0.0698 e. The third-order valence-corrected chi connectivity index (χ3v) is 2.20. The van der Waals surface area contributed by atoms with Gasteiger partial charge in [0.1, 0.15) is 0 Å². The minimum absolute atomic E-state index is 0.0278. The van der Waals surface area contributed by atoms with Crippen molar-refractivity contribution < 1.29 is 29.5 Å². The van der Waals surface area contributed by atoms with Gasteiger partial charge in [0.25, 0.3) is 0 Å². The van der Waals surface area contributed by atoms with Gasteiger partial charge in [0.05, 0.1) is 39.6 Å². The van der Waals surface area contributed by atoms with Crippen molar-refractivity contribution in [2.24, 2.45) is 0 Å². The topological polar surface area (TPSA) is 88.4 Å². The molecule has 0 aromatic rings. The van der Waals surface area contributed by atoms with E-state index in [1.54, 1.807) is 0 Å². The Morgan fingerprint density at radius 1 is 0.545 bits per heavy atom. The summed E-state index contributed by atoms with van der Waals surface area (Å²) in [5.74, 6) is 0. The van der Waals surface area contributed by atoms with Crippen molar-refractivity contribution in [2.45, 2.75) is 46.5 Å². The van der Waals surface area contributed by atoms with Crippen molar-refractivity contribution in [1.82, 2.24) is 0 Å². The Kier molecular flexibility index (Phi) is 39.5. The Morgan fingerprint density at radius 2 is 0.909 bits per heavy atom. The van der Waals surface area contributed by atoms with E-state index in [4.69, 9.17) is 24.8 Å². The first-order valence-corrected chi connectivity index (χ1v) is 8.30. The van der Waals surface area contributed by atoms with E-state index < -0.39 is 0 Å². The highest BCUT2D eigenvalue weighted by molar-refractivity contribution is 4.33. The van der Waals surface area contributed by atoms with Crippen LogP contribution in [0.2, 0.25) is 0 Å². The summed E-state index contributed by atoms with van der Waals surface area (Å²) < 4.78 is 14.7. The van der Waals surface area contributed by atoms with E-state index >= 15 is 0 Å². The molecular formula is C16H38O6. The normalized spacial score (nSPS) is 9.55. The molecule has 0 radical (unpaired) electrons. The van der Waals surface area contributed by atoms with Gasteiger partial charge in [-0.3, -0.25) is 0 Å². The lowest BCUT2D eigenvalue weighted by molar-refractivity contribution is 0.0650. The van der Waals surface area contributed by atoms with Gasteiger partial charge in [-0.05, 0) is 19.8 Å². The molecule has 0 aliphatic rings. The van der Waals surface area contributed by atoms with Crippen molar-refractivity contribution >= 4 is 0 Å². The number of hydrogen-bond acceptors (Lipinski definition) is 6. The molecule has 0 unspecified atom stereocenters. The van der Waals surface area contributed by atoms with Gasteiger partial charge in [-0.2, -0.15) is 0 Å². The Bertz CT molecular complexity index is 133. The first-order valence-electron chi connectivity index (χ1n) is 8.30. The molecule has 0 heterocycles. The van der Waals surface area contributed by atoms with Crippen LogP contribution >= 0.6 is 0 Å². The molecule has 0 atom stereocenters. The van der Waals surface area contributed by atoms with Crippen molar-refractivity contribution in [1.29, 1.82) is 0 Å². The zero-order valence-corrected chi connectivity index (χ0v) is 14.8. The van der Waals surface area contributed by atoms with Crippen LogP contribution in [0, 0.1) is 0 Å². The summed E-state index contributed by atoms with van der Waals surface area (Å²) in [6.07, 6.45) is 4.91. The zero-order valence-electron chi connectivity index (χ0n) is 14.8. The first-order chi connectivity index (χ1) is 10.7. The Labute approximate surface area is 136 Å². The predicted octanol–water partition coefficient (Wildman–Crippen LogP) is 1.61. The third kappa shape index (κ3) is 42.7. The van der Waals surface area contributed by atoms with Gasteiger partial charge in [0.2, 0.25) is 0 Å². The molecule has 0 rings (SSSR count). The second-order valence-electron chi connectivity index (χ2n) is 4.30. The van der Waals surface area contributed by atoms with Gasteiger partial charge >= 0.3 is 0 Å². The standard InChI is InChI=1S/C8H18O.C4H10O3.C4H10O2/c1-3-5-7-9-8-6-4-2;5-1-3-7-4-2-6;1-2-6-4-3-5/h3-8H2,1-2H3;5-6H,1-4H2;5H,2-4H2,1H3. The molecular weight excluding hydrogens is 288 g/mol. The fraction of sp³-hybridized carbons (Fsp3) is 1.00. The Balaban J connectivity index is -0.000000252. The quantitative estimate of drug-likeness (QED) is 0.446. The SMILES string of the molecule is CCCCOCCCC.CCOCCO.OCCOCCO. The lowest BCUT2D eigenvalue weighted by Gasteiger charge is -1.99. The van der Waals surface area contributed by atoms with E-state index in [2.05, 4.69) is 18.6 Å². The summed E-state index contributed by atoms with van der Waals surface area (Å²) in [6.45, 7) is 10.2. The first kappa shape index (κ1) is 26.6. The van der Waals surface area contributed by atoms with Gasteiger partial charge in [-0.15, -0.1) is 0 Å². The van der Waals surface area contributed by atoms with E-state index in [0.717, 1.165) is 13.2 Å². The maximum atomic E-state index is 8.09. The molecule has 3 N–H and O–H groups in total. The minimum atomic E-state index is 0.0278. The van der Waals surface area contributed by atoms with Gasteiger partial charge in [-0.1, -0.05) is 26.7 Å². The van der Waals surface area contributed by atoms with Crippen molar-refractivity contribution in [3.05, 3.63) is 0 Å². The number of rotatable bonds is 13. The molecule has 0 aromatic heterocycles. The predicted molar refractivity (Wildman–Crippen MR) is 89.2 cm³/mol. The highest BCUT2D eigenvalue weighted by atomic mass is 16.5. The fourth-order valence-electron chi connectivity index (χ4n) is 1.03. The fourth-order valence-corrected chi connectivity index (χ4v) is 1.03. The van der Waals surface area contributed by atoms with Crippen LogP contribution in [0.4, 0.5) is 0 Å². The zero-order chi connectivity index (χ0) is 17.3. The van der Waals surface area contributed by atoms with Crippen LogP contribution in [0.1, 0.15) is 46.5 Å². The molecule has 6 nitrogen and oxygen atoms in total. The van der Waals surface area contributed by atoms with Crippen molar-refractivity contribution in [2.75, 3.05) is 59.5 Å². The molecule has 6 heteroatoms. The van der Waals surface area contributed by atoms with Gasteiger partial charge in [0.15, 0.2) is 0 Å². The van der Waals surface area contributed by atoms with Crippen LogP contribution in [-0.4, -0.2) is 74.8 Å². The van der Waals surface area contributed by atoms with Gasteiger partial charge < -0.3 is 29.5 Å². The second-order valence-corrected chi connectivity index (χ2v) is 4.30. The Hall–Kier alpha value is -0.240. The van der Waals surface area contributed by atoms with Gasteiger partial charge in [0, 0.05) is 19.8 Å². The summed E-state index contributed by atoms with van der Waals surface area (Å²) in [4.78, 5) is 0. The van der Waals surface area contributed by atoms with Crippen molar-refractivity contribution in [3.8, 4) is 0 Å². The summed E-state index contributed by atoms with van der Waals surface area (Å²) >= 11 is 0. The van der Waals surface area contributed by atoms with E-state index in [0.29, 0.717) is 26.4 Å². The summed E-state index contributed by atoms with van der Waals surface area (Å²) in [5.41, 5.74) is 0. The van der Waals surface area contributed by atoms with Crippen LogP contribution < -0.4 is 0 Å². The molecule has 0 fully saturated rings. The monoisotopic (exact) mass is 326 g/mol. The lowest BCUT2D eigenvalue weighted by atomic mass is 10.3. The summed E-state index contributed by atoms with van der Waals surface area (Å²) in [5, 5.41) is 24.2. The van der Waals surface area contributed by atoms with Crippen LogP contribution in [0.25, 0.3) is 0 Å². The van der Waals surface area contributed by atoms with Crippen LogP contribution in [0.5, 0.6) is 0 Å². The van der Waals surface area contributed by atoms with Gasteiger partial charge in [-0.25, -0.2) is 0 Å². The molecule has 0 saturated heterocycles. The number of aliphatic hydroxyl groups is 3. The van der Waals surface area contributed by atoms with E-state index in [-0.39, 0.29) is 19.8 Å². The maximum Gasteiger partial charge on any atom is 0.0698 e. The molecule has 0 bridgehead atoms. The van der Waals surface area contributed by atoms with Crippen LogP contribution in [0.15, 0.2) is 0 Å². The van der Waals surface area contributed by atoms with Crippen LogP contribution in [0.3, 0.4) is 0 Å². The highest BCUT2D eigenvalue weighted by Crippen LogP contribution is 1.91. The molecule has 0 saturated carbocycles. The summed E-state index contributed by atoms with van der Waals surface area (Å²) in [6, 6.07) is 0. The molecule has 0 aliphatic carbocycles. The maximum absolute atomic E-state index is 8.09. The largest absolute Gasteiger partial charge is 0.394 e. The van der Waals surface area contributed by atoms with Crippen molar-refractivity contribution in [3.63, 3.8) is 0 Å². The molecule has 0 spiro atoms. The number of aliphatic hydroxyl groups excluding tert-OH is 3. The molecule has 138 valence electrons. The second kappa shape index (κ2) is 32.6. The summed E-state index contributed by atoms with van der Waals surface area (Å²) in [7, 11) is 0. The Morgan fingerprint density at radius 3 is 1.18 bits per heavy atom. The number of hydrogen-bond donors (Lipinski definition) is 3. The average Bonchev–Trinajstić information content (AvgIpc) is 2.54. The molecule has 0 aliphatic heterocycles. The minimum Gasteiger partial charge on any atom is -0.394 e.